The molecule has 1 saturated heterocycles. The van der Waals surface area contributed by atoms with Crippen LogP contribution in [0, 0.1) is 0 Å². The summed E-state index contributed by atoms with van der Waals surface area (Å²) in [6, 6.07) is 24.0. The van der Waals surface area contributed by atoms with Crippen molar-refractivity contribution < 1.29 is 19.1 Å². The molecule has 1 aliphatic rings. The Morgan fingerprint density at radius 1 is 1.00 bits per heavy atom. The van der Waals surface area contributed by atoms with Gasteiger partial charge in [0.25, 0.3) is 5.91 Å². The largest absolute Gasteiger partial charge is 0.465 e. The van der Waals surface area contributed by atoms with Crippen LogP contribution in [0.25, 0.3) is 0 Å². The van der Waals surface area contributed by atoms with Crippen molar-refractivity contribution in [3.8, 4) is 0 Å². The number of nitrogens with zero attached hydrogens (tertiary/aromatic N) is 1. The van der Waals surface area contributed by atoms with Crippen molar-refractivity contribution in [3.63, 3.8) is 0 Å². The molecular formula is C26H24N2O4S. The van der Waals surface area contributed by atoms with Gasteiger partial charge in [0.1, 0.15) is 5.37 Å². The van der Waals surface area contributed by atoms with E-state index in [1.807, 2.05) is 35.2 Å². The Morgan fingerprint density at radius 3 is 2.48 bits per heavy atom. The summed E-state index contributed by atoms with van der Waals surface area (Å²) in [5, 5.41) is 2.74. The molecule has 1 N–H and O–H groups in total. The quantitative estimate of drug-likeness (QED) is 0.524. The number of ether oxygens (including phenoxy) is 1. The van der Waals surface area contributed by atoms with Gasteiger partial charge in [0.05, 0.1) is 18.4 Å². The van der Waals surface area contributed by atoms with Crippen molar-refractivity contribution in [1.82, 2.24) is 4.90 Å². The third kappa shape index (κ3) is 5.43. The summed E-state index contributed by atoms with van der Waals surface area (Å²) in [5.74, 6) is -0.151. The third-order valence-electron chi connectivity index (χ3n) is 5.45. The molecule has 1 heterocycles. The molecule has 0 aliphatic carbocycles. The van der Waals surface area contributed by atoms with Gasteiger partial charge >= 0.3 is 5.97 Å². The average molecular weight is 461 g/mol. The van der Waals surface area contributed by atoms with E-state index >= 15 is 0 Å². The summed E-state index contributed by atoms with van der Waals surface area (Å²) in [5.41, 5.74) is 3.56. The van der Waals surface area contributed by atoms with Crippen LogP contribution in [0.4, 0.5) is 5.69 Å². The lowest BCUT2D eigenvalue weighted by atomic mass is 10.1. The second kappa shape index (κ2) is 10.4. The molecule has 3 aromatic carbocycles. The van der Waals surface area contributed by atoms with Crippen LogP contribution in [0.15, 0.2) is 78.9 Å². The summed E-state index contributed by atoms with van der Waals surface area (Å²) in [7, 11) is 1.31. The molecule has 33 heavy (non-hydrogen) atoms. The summed E-state index contributed by atoms with van der Waals surface area (Å²) in [6.45, 7) is 0.652. The van der Waals surface area contributed by atoms with Crippen LogP contribution in [0.5, 0.6) is 0 Å². The number of rotatable bonds is 7. The normalized spacial score (nSPS) is 15.4. The van der Waals surface area contributed by atoms with Gasteiger partial charge in [-0.15, -0.1) is 11.8 Å². The van der Waals surface area contributed by atoms with Crippen LogP contribution in [0.2, 0.25) is 0 Å². The van der Waals surface area contributed by atoms with Gasteiger partial charge in [-0.25, -0.2) is 4.79 Å². The summed E-state index contributed by atoms with van der Waals surface area (Å²) in [4.78, 5) is 38.7. The summed E-state index contributed by atoms with van der Waals surface area (Å²) < 4.78 is 4.72. The molecule has 3 aromatic rings. The minimum absolute atomic E-state index is 0.0601. The standard InChI is InChI=1S/C26H24N2O4S/c1-32-26(31)21-8-5-9-22(16-21)27-24(30)19-10-12-20(13-11-19)25-28(23(29)17-33-25)15-14-18-6-3-2-4-7-18/h2-13,16,25H,14-15,17H2,1H3,(H,27,30)/t25-/m1/s1. The average Bonchev–Trinajstić information content (AvgIpc) is 3.23. The van der Waals surface area contributed by atoms with E-state index in [9.17, 15) is 14.4 Å². The monoisotopic (exact) mass is 460 g/mol. The maximum absolute atomic E-state index is 12.7. The van der Waals surface area contributed by atoms with E-state index in [1.54, 1.807) is 48.2 Å². The number of hydrogen-bond donors (Lipinski definition) is 1. The van der Waals surface area contributed by atoms with Crippen molar-refractivity contribution in [1.29, 1.82) is 0 Å². The molecule has 0 spiro atoms. The summed E-state index contributed by atoms with van der Waals surface area (Å²) >= 11 is 1.60. The van der Waals surface area contributed by atoms with Crippen LogP contribution in [0.3, 0.4) is 0 Å². The number of methoxy groups -OCH3 is 1. The zero-order chi connectivity index (χ0) is 23.2. The topological polar surface area (TPSA) is 75.7 Å². The van der Waals surface area contributed by atoms with Gasteiger partial charge in [0, 0.05) is 17.8 Å². The van der Waals surface area contributed by atoms with Crippen molar-refractivity contribution >= 4 is 35.2 Å². The molecule has 1 aliphatic heterocycles. The Bertz CT molecular complexity index is 1150. The highest BCUT2D eigenvalue weighted by molar-refractivity contribution is 8.00. The van der Waals surface area contributed by atoms with Crippen molar-refractivity contribution in [2.24, 2.45) is 0 Å². The summed E-state index contributed by atoms with van der Waals surface area (Å²) in [6.07, 6.45) is 0.800. The first-order valence-corrected chi connectivity index (χ1v) is 11.6. The van der Waals surface area contributed by atoms with Gasteiger partial charge in [-0.1, -0.05) is 48.5 Å². The zero-order valence-corrected chi connectivity index (χ0v) is 19.0. The first-order chi connectivity index (χ1) is 16.0. The molecule has 6 nitrogen and oxygen atoms in total. The minimum atomic E-state index is -0.462. The SMILES string of the molecule is COC(=O)c1cccc(NC(=O)c2ccc([C@H]3SCC(=O)N3CCc3ccccc3)cc2)c1. The molecule has 0 aromatic heterocycles. The van der Waals surface area contributed by atoms with Gasteiger partial charge in [0.15, 0.2) is 0 Å². The van der Waals surface area contributed by atoms with Crippen LogP contribution in [0.1, 0.15) is 37.2 Å². The Balaban J connectivity index is 1.42. The molecule has 2 amide bonds. The molecule has 0 bridgehead atoms. The second-order valence-electron chi connectivity index (χ2n) is 7.63. The lowest BCUT2D eigenvalue weighted by molar-refractivity contribution is -0.128. The molecular weight excluding hydrogens is 436 g/mol. The van der Waals surface area contributed by atoms with E-state index in [4.69, 9.17) is 4.74 Å². The maximum atomic E-state index is 12.7. The van der Waals surface area contributed by atoms with E-state index in [0.29, 0.717) is 29.1 Å². The molecule has 4 rings (SSSR count). The number of anilines is 1. The van der Waals surface area contributed by atoms with Crippen LogP contribution < -0.4 is 5.32 Å². The maximum Gasteiger partial charge on any atom is 0.337 e. The predicted octanol–water partition coefficient (Wildman–Crippen LogP) is 4.54. The van der Waals surface area contributed by atoms with E-state index in [0.717, 1.165) is 12.0 Å². The van der Waals surface area contributed by atoms with Gasteiger partial charge in [-0.05, 0) is 47.9 Å². The van der Waals surface area contributed by atoms with Gasteiger partial charge in [-0.3, -0.25) is 9.59 Å². The lowest BCUT2D eigenvalue weighted by Gasteiger charge is -2.24. The predicted molar refractivity (Wildman–Crippen MR) is 129 cm³/mol. The van der Waals surface area contributed by atoms with Crippen LogP contribution >= 0.6 is 11.8 Å². The first kappa shape index (κ1) is 22.6. The number of carbonyl (C=O) groups is 3. The van der Waals surface area contributed by atoms with Crippen LogP contribution in [-0.4, -0.2) is 42.1 Å². The molecule has 1 atom stereocenters. The van der Waals surface area contributed by atoms with Crippen molar-refractivity contribution in [3.05, 3.63) is 101 Å². The lowest BCUT2D eigenvalue weighted by Crippen LogP contribution is -2.30. The van der Waals surface area contributed by atoms with Crippen molar-refractivity contribution in [2.45, 2.75) is 11.8 Å². The molecule has 0 saturated carbocycles. The van der Waals surface area contributed by atoms with E-state index < -0.39 is 5.97 Å². The number of thioether (sulfide) groups is 1. The van der Waals surface area contributed by atoms with Gasteiger partial charge in [-0.2, -0.15) is 0 Å². The minimum Gasteiger partial charge on any atom is -0.465 e. The zero-order valence-electron chi connectivity index (χ0n) is 18.2. The Labute approximate surface area is 196 Å². The second-order valence-corrected chi connectivity index (χ2v) is 8.70. The van der Waals surface area contributed by atoms with Gasteiger partial charge < -0.3 is 15.0 Å². The fraction of sp³-hybridized carbons (Fsp3) is 0.192. The molecule has 0 unspecified atom stereocenters. The number of hydrogen-bond acceptors (Lipinski definition) is 5. The highest BCUT2D eigenvalue weighted by Gasteiger charge is 2.32. The van der Waals surface area contributed by atoms with E-state index in [2.05, 4.69) is 17.4 Å². The highest BCUT2D eigenvalue weighted by atomic mass is 32.2. The smallest absolute Gasteiger partial charge is 0.337 e. The van der Waals surface area contributed by atoms with E-state index in [1.165, 1.54) is 12.7 Å². The molecule has 1 fully saturated rings. The Morgan fingerprint density at radius 2 is 1.76 bits per heavy atom. The fourth-order valence-corrected chi connectivity index (χ4v) is 4.93. The molecule has 168 valence electrons. The Hall–Kier alpha value is -3.58. The van der Waals surface area contributed by atoms with Crippen molar-refractivity contribution in [2.75, 3.05) is 24.7 Å². The third-order valence-corrected chi connectivity index (χ3v) is 6.71. The Kier molecular flexibility index (Phi) is 7.10. The fourth-order valence-electron chi connectivity index (χ4n) is 3.71. The van der Waals surface area contributed by atoms with E-state index in [-0.39, 0.29) is 17.2 Å². The van der Waals surface area contributed by atoms with Gasteiger partial charge in [0.2, 0.25) is 5.91 Å². The number of esters is 1. The van der Waals surface area contributed by atoms with Crippen LogP contribution in [-0.2, 0) is 16.0 Å². The first-order valence-electron chi connectivity index (χ1n) is 10.6. The number of benzene rings is 3. The highest BCUT2D eigenvalue weighted by Crippen LogP contribution is 2.38. The number of carbonyl (C=O) groups excluding carboxylic acids is 3. The number of amides is 2. The number of nitrogens with one attached hydrogen (secondary N) is 1. The molecule has 7 heteroatoms. The molecule has 0 radical (unpaired) electrons.